The number of rotatable bonds is 36. The fraction of sp³-hybridized carbons (Fsp3) is 0.600. The van der Waals surface area contributed by atoms with Crippen molar-refractivity contribution in [3.8, 4) is 0 Å². The summed E-state index contributed by atoms with van der Waals surface area (Å²) in [6.45, 7) is 2.27. The molecule has 0 radical (unpaired) electrons. The van der Waals surface area contributed by atoms with Crippen LogP contribution >= 0.6 is 35.2 Å². The van der Waals surface area contributed by atoms with Gasteiger partial charge in [-0.2, -0.15) is 0 Å². The van der Waals surface area contributed by atoms with E-state index in [0.717, 1.165) is 99.6 Å². The number of nitrogen functional groups attached to an aromatic ring is 1. The SMILES string of the molecule is CC/C=C\C/C=C\C/C=C\C/C=C\C/C=C\CCCCCCCC(=O)SCCNC(=O)CCNC(=O)[C@H](O)C(C)(C)COP(=O)([O-])OP(=O)([O-])OC[C@H]1O[C@@H](n2cnc3c(N)ncnc32)[C@H](O)[C@@H]1OP(=O)([O-])[O-]. The highest BCUT2D eigenvalue weighted by atomic mass is 32.2. The number of thioether (sulfide) groups is 1. The number of phosphoric ester groups is 3. The van der Waals surface area contributed by atoms with Gasteiger partial charge in [0.2, 0.25) is 11.8 Å². The number of nitrogens with one attached hydrogen (secondary N) is 2. The van der Waals surface area contributed by atoms with Crippen LogP contribution in [0, 0.1) is 5.41 Å². The Bertz CT molecular complexity index is 2340. The summed E-state index contributed by atoms with van der Waals surface area (Å²) in [4.78, 5) is 97.0. The standard InChI is InChI=1S/C45H72N7O17P3S/c1-4-5-6-7-8-9-10-11-12-13-14-15-16-17-18-19-20-21-22-23-24-25-36(54)73-29-28-47-35(53)26-27-48-43(57)40(56)45(2,3)31-66-72(63,64)69-71(61,62)65-30-34-39(68-70(58,59)60)38(55)44(67-34)52-33-51-37-41(46)49-32-50-42(37)52/h5-6,8-9,11-12,14-15,17-18,32-34,38-40,44,55-56H,4,7,10,13,16,19-31H2,1-3H3,(H,47,53)(H,48,57)(H,61,62)(H,63,64)(H2,46,49,50)(H2,58,59,60)/p-4/b6-5-,9-8-,12-11-,15-14-,18-17-/t34-,38-,39-,40+,44-/m1/s1. The number of hydrogen-bond donors (Lipinski definition) is 5. The number of aliphatic hydroxyl groups is 2. The number of allylic oxidation sites excluding steroid dienone is 10. The molecule has 2 amide bonds. The van der Waals surface area contributed by atoms with Gasteiger partial charge in [0.25, 0.3) is 15.6 Å². The number of imidazole rings is 1. The number of phosphoric acid groups is 3. The number of ether oxygens (including phenoxy) is 1. The lowest BCUT2D eigenvalue weighted by Gasteiger charge is -2.36. The van der Waals surface area contributed by atoms with E-state index in [4.69, 9.17) is 10.5 Å². The summed E-state index contributed by atoms with van der Waals surface area (Å²) in [6.07, 6.45) is 25.6. The molecule has 1 aliphatic rings. The molecule has 3 rings (SSSR count). The molecule has 6 N–H and O–H groups in total. The second kappa shape index (κ2) is 32.6. The number of aliphatic hydroxyl groups excluding tert-OH is 2. The van der Waals surface area contributed by atoms with Crippen LogP contribution in [0.3, 0.4) is 0 Å². The minimum absolute atomic E-state index is 0.0208. The van der Waals surface area contributed by atoms with Crippen molar-refractivity contribution in [1.82, 2.24) is 30.2 Å². The zero-order valence-electron chi connectivity index (χ0n) is 41.2. The van der Waals surface area contributed by atoms with Crippen molar-refractivity contribution in [2.24, 2.45) is 5.41 Å². The maximum atomic E-state index is 12.7. The first-order valence-corrected chi connectivity index (χ1v) is 29.1. The molecule has 2 aromatic heterocycles. The van der Waals surface area contributed by atoms with Gasteiger partial charge in [-0.05, 0) is 51.4 Å². The largest absolute Gasteiger partial charge is 0.790 e. The molecule has 0 aromatic carbocycles. The molecular formula is C45H68N7O17P3S-4. The molecule has 7 atom stereocenters. The number of unbranched alkanes of at least 4 members (excludes halogenated alkanes) is 5. The molecule has 2 aromatic rings. The summed E-state index contributed by atoms with van der Waals surface area (Å²) in [5.41, 5.74) is 4.09. The van der Waals surface area contributed by atoms with E-state index in [9.17, 15) is 57.9 Å². The first-order chi connectivity index (χ1) is 34.6. The molecule has 28 heteroatoms. The van der Waals surface area contributed by atoms with Gasteiger partial charge in [0.15, 0.2) is 22.8 Å². The van der Waals surface area contributed by atoms with Gasteiger partial charge in [-0.3, -0.25) is 28.1 Å². The van der Waals surface area contributed by atoms with E-state index < -0.39 is 84.6 Å². The van der Waals surface area contributed by atoms with E-state index >= 15 is 0 Å². The van der Waals surface area contributed by atoms with E-state index in [2.05, 4.69) is 111 Å². The third-order valence-electron chi connectivity index (χ3n) is 10.6. The number of aromatic nitrogens is 4. The Morgan fingerprint density at radius 1 is 0.849 bits per heavy atom. The predicted molar refractivity (Wildman–Crippen MR) is 265 cm³/mol. The lowest BCUT2D eigenvalue weighted by atomic mass is 9.87. The molecule has 0 aliphatic carbocycles. The van der Waals surface area contributed by atoms with Crippen LogP contribution in [0.15, 0.2) is 73.4 Å². The molecular weight excluding hydrogens is 1040 g/mol. The van der Waals surface area contributed by atoms with Crippen LogP contribution in [-0.2, 0) is 50.7 Å². The van der Waals surface area contributed by atoms with Gasteiger partial charge in [0.05, 0.1) is 27.4 Å². The topological polar surface area (TPSA) is 375 Å². The summed E-state index contributed by atoms with van der Waals surface area (Å²) >= 11 is 1.13. The molecule has 410 valence electrons. The summed E-state index contributed by atoms with van der Waals surface area (Å²) < 4.78 is 60.9. The van der Waals surface area contributed by atoms with Gasteiger partial charge in [-0.15, -0.1) is 0 Å². The molecule has 24 nitrogen and oxygen atoms in total. The first kappa shape index (κ1) is 63.6. The molecule has 0 saturated carbocycles. The van der Waals surface area contributed by atoms with Crippen molar-refractivity contribution < 1.29 is 80.5 Å². The van der Waals surface area contributed by atoms with Gasteiger partial charge in [0.1, 0.15) is 36.3 Å². The van der Waals surface area contributed by atoms with Gasteiger partial charge in [-0.25, -0.2) is 19.3 Å². The smallest absolute Gasteiger partial charge is 0.274 e. The number of carbonyl (C=O) groups is 3. The Kier molecular flexibility index (Phi) is 28.4. The quantitative estimate of drug-likeness (QED) is 0.0369. The van der Waals surface area contributed by atoms with E-state index in [1.54, 1.807) is 0 Å². The lowest BCUT2D eigenvalue weighted by Crippen LogP contribution is -2.46. The summed E-state index contributed by atoms with van der Waals surface area (Å²) in [5, 5.41) is 26.5. The predicted octanol–water partition coefficient (Wildman–Crippen LogP) is 3.62. The van der Waals surface area contributed by atoms with Crippen molar-refractivity contribution in [2.45, 2.75) is 135 Å². The molecule has 2 unspecified atom stereocenters. The molecule has 0 bridgehead atoms. The van der Waals surface area contributed by atoms with Crippen molar-refractivity contribution >= 4 is 69.1 Å². The number of carbonyl (C=O) groups excluding carboxylic acids is 3. The monoisotopic (exact) mass is 1100 g/mol. The van der Waals surface area contributed by atoms with Crippen molar-refractivity contribution in [1.29, 1.82) is 0 Å². The van der Waals surface area contributed by atoms with Gasteiger partial charge < -0.3 is 69.0 Å². The summed E-state index contributed by atoms with van der Waals surface area (Å²) in [6, 6.07) is 0. The average molecular weight is 1100 g/mol. The first-order valence-electron chi connectivity index (χ1n) is 23.8. The van der Waals surface area contributed by atoms with Crippen molar-refractivity contribution in [3.05, 3.63) is 73.4 Å². The van der Waals surface area contributed by atoms with Gasteiger partial charge in [-0.1, -0.05) is 113 Å². The number of anilines is 1. The molecule has 3 heterocycles. The second-order valence-electron chi connectivity index (χ2n) is 17.2. The molecule has 0 spiro atoms. The highest BCUT2D eigenvalue weighted by molar-refractivity contribution is 8.13. The number of hydrogen-bond acceptors (Lipinski definition) is 22. The Morgan fingerprint density at radius 2 is 1.45 bits per heavy atom. The van der Waals surface area contributed by atoms with Crippen LogP contribution in [0.2, 0.25) is 0 Å². The minimum Gasteiger partial charge on any atom is -0.790 e. The molecule has 1 saturated heterocycles. The fourth-order valence-corrected chi connectivity index (χ4v) is 10.2. The lowest BCUT2D eigenvalue weighted by molar-refractivity contribution is -0.347. The molecule has 1 fully saturated rings. The Labute approximate surface area is 429 Å². The van der Waals surface area contributed by atoms with Gasteiger partial charge >= 0.3 is 0 Å². The van der Waals surface area contributed by atoms with Gasteiger partial charge in [0, 0.05) is 37.1 Å². The Balaban J connectivity index is 1.25. The van der Waals surface area contributed by atoms with Crippen LogP contribution < -0.4 is 35.9 Å². The number of fused-ring (bicyclic) bond motifs is 1. The number of nitrogens with zero attached hydrogens (tertiary/aromatic N) is 4. The van der Waals surface area contributed by atoms with Crippen LogP contribution in [0.25, 0.3) is 11.2 Å². The maximum Gasteiger partial charge on any atom is 0.274 e. The van der Waals surface area contributed by atoms with Crippen LogP contribution in [0.5, 0.6) is 0 Å². The zero-order valence-corrected chi connectivity index (χ0v) is 44.7. The Morgan fingerprint density at radius 3 is 2.10 bits per heavy atom. The van der Waals surface area contributed by atoms with Crippen LogP contribution in [0.4, 0.5) is 5.82 Å². The van der Waals surface area contributed by atoms with E-state index in [1.807, 2.05) is 0 Å². The minimum atomic E-state index is -5.93. The average Bonchev–Trinajstić information content (AvgIpc) is 3.88. The highest BCUT2D eigenvalue weighted by Gasteiger charge is 2.47. The van der Waals surface area contributed by atoms with E-state index in [1.165, 1.54) is 13.8 Å². The van der Waals surface area contributed by atoms with Crippen molar-refractivity contribution in [2.75, 3.05) is 37.8 Å². The number of nitrogens with two attached hydrogens (primary N) is 1. The van der Waals surface area contributed by atoms with Crippen LogP contribution in [0.1, 0.15) is 110 Å². The van der Waals surface area contributed by atoms with Crippen molar-refractivity contribution in [3.63, 3.8) is 0 Å². The number of amides is 2. The third kappa shape index (κ3) is 25.1. The maximum absolute atomic E-state index is 12.7. The summed E-state index contributed by atoms with van der Waals surface area (Å²) in [5.74, 6) is -1.17. The fourth-order valence-electron chi connectivity index (χ4n) is 6.77. The molecule has 1 aliphatic heterocycles. The third-order valence-corrected chi connectivity index (χ3v) is 14.6. The summed E-state index contributed by atoms with van der Waals surface area (Å²) in [7, 11) is -17.6. The van der Waals surface area contributed by atoms with E-state index in [-0.39, 0.29) is 41.6 Å². The second-order valence-corrected chi connectivity index (χ2v) is 22.4. The highest BCUT2D eigenvalue weighted by Crippen LogP contribution is 2.56. The normalized spacial score (nSPS) is 20.0. The van der Waals surface area contributed by atoms with Crippen LogP contribution in [-0.4, -0.2) is 103 Å². The molecule has 73 heavy (non-hydrogen) atoms. The Hall–Kier alpha value is -3.74. The van der Waals surface area contributed by atoms with E-state index in [0.29, 0.717) is 12.2 Å². The zero-order chi connectivity index (χ0) is 53.9.